The number of phenolic OH excluding ortho intramolecular Hbond substituents is 1. The van der Waals surface area contributed by atoms with E-state index in [9.17, 15) is 13.5 Å². The zero-order valence-corrected chi connectivity index (χ0v) is 10.3. The van der Waals surface area contributed by atoms with Crippen LogP contribution < -0.4 is 9.44 Å². The van der Waals surface area contributed by atoms with Crippen molar-refractivity contribution in [3.8, 4) is 5.75 Å². The molecule has 0 heterocycles. The molecule has 6 heteroatoms. The van der Waals surface area contributed by atoms with Gasteiger partial charge in [-0.3, -0.25) is 4.72 Å². The van der Waals surface area contributed by atoms with Gasteiger partial charge in [-0.1, -0.05) is 0 Å². The molecule has 16 heavy (non-hydrogen) atoms. The Morgan fingerprint density at radius 1 is 1.31 bits per heavy atom. The first-order valence-electron chi connectivity index (χ1n) is 4.90. The molecule has 0 atom stereocenters. The van der Waals surface area contributed by atoms with Crippen LogP contribution in [0.1, 0.15) is 19.4 Å². The number of hydrogen-bond acceptors (Lipinski definition) is 3. The molecule has 0 aliphatic heterocycles. The quantitative estimate of drug-likeness (QED) is 0.700. The fourth-order valence-corrected chi connectivity index (χ4v) is 2.33. The van der Waals surface area contributed by atoms with Crippen LogP contribution in [0.5, 0.6) is 5.75 Å². The van der Waals surface area contributed by atoms with Crippen molar-refractivity contribution >= 4 is 15.9 Å². The minimum Gasteiger partial charge on any atom is -0.508 e. The summed E-state index contributed by atoms with van der Waals surface area (Å²) in [6.45, 7) is 5.17. The molecule has 0 aromatic heterocycles. The molecule has 0 aliphatic rings. The van der Waals surface area contributed by atoms with Gasteiger partial charge in [-0.25, -0.2) is 0 Å². The highest BCUT2D eigenvalue weighted by Gasteiger charge is 2.11. The van der Waals surface area contributed by atoms with E-state index in [0.717, 1.165) is 0 Å². The maximum absolute atomic E-state index is 11.5. The van der Waals surface area contributed by atoms with Crippen LogP contribution in [0.3, 0.4) is 0 Å². The molecule has 0 unspecified atom stereocenters. The summed E-state index contributed by atoms with van der Waals surface area (Å²) < 4.78 is 27.8. The third-order valence-corrected chi connectivity index (χ3v) is 3.13. The van der Waals surface area contributed by atoms with Crippen molar-refractivity contribution in [2.75, 3.05) is 4.72 Å². The molecule has 1 aromatic rings. The van der Waals surface area contributed by atoms with E-state index in [2.05, 4.69) is 9.44 Å². The molecule has 0 amide bonds. The molecule has 0 saturated heterocycles. The molecule has 0 bridgehead atoms. The van der Waals surface area contributed by atoms with Gasteiger partial charge in [0.05, 0.1) is 5.69 Å². The van der Waals surface area contributed by atoms with Gasteiger partial charge in [0.15, 0.2) is 0 Å². The van der Waals surface area contributed by atoms with Crippen molar-refractivity contribution in [3.63, 3.8) is 0 Å². The summed E-state index contributed by atoms with van der Waals surface area (Å²) in [7, 11) is -3.55. The normalized spacial score (nSPS) is 11.8. The van der Waals surface area contributed by atoms with Crippen LogP contribution in [-0.4, -0.2) is 19.6 Å². The summed E-state index contributed by atoms with van der Waals surface area (Å²) in [6, 6.07) is 4.34. The first kappa shape index (κ1) is 12.8. The van der Waals surface area contributed by atoms with E-state index in [0.29, 0.717) is 11.3 Å². The highest BCUT2D eigenvalue weighted by Crippen LogP contribution is 2.20. The Kier molecular flexibility index (Phi) is 3.77. The number of aromatic hydroxyl groups is 1. The number of aryl methyl sites for hydroxylation is 1. The zero-order chi connectivity index (χ0) is 12.3. The lowest BCUT2D eigenvalue weighted by Gasteiger charge is -2.12. The van der Waals surface area contributed by atoms with Gasteiger partial charge < -0.3 is 5.11 Å². The molecule has 0 radical (unpaired) electrons. The monoisotopic (exact) mass is 244 g/mol. The topological polar surface area (TPSA) is 78.4 Å². The summed E-state index contributed by atoms with van der Waals surface area (Å²) in [5.74, 6) is 0.139. The van der Waals surface area contributed by atoms with E-state index in [-0.39, 0.29) is 11.8 Å². The number of benzene rings is 1. The predicted molar refractivity (Wildman–Crippen MR) is 63.7 cm³/mol. The van der Waals surface area contributed by atoms with Crippen molar-refractivity contribution in [2.24, 2.45) is 0 Å². The molecule has 90 valence electrons. The Balaban J connectivity index is 2.84. The molecule has 0 spiro atoms. The van der Waals surface area contributed by atoms with Crippen LogP contribution in [0.4, 0.5) is 5.69 Å². The lowest BCUT2D eigenvalue weighted by Crippen LogP contribution is -2.35. The average molecular weight is 244 g/mol. The highest BCUT2D eigenvalue weighted by molar-refractivity contribution is 7.90. The molecular formula is C10H16N2O3S. The molecule has 1 aromatic carbocycles. The van der Waals surface area contributed by atoms with Gasteiger partial charge in [-0.15, -0.1) is 0 Å². The Hall–Kier alpha value is -1.27. The fraction of sp³-hybridized carbons (Fsp3) is 0.400. The molecule has 3 N–H and O–H groups in total. The van der Waals surface area contributed by atoms with E-state index < -0.39 is 10.2 Å². The van der Waals surface area contributed by atoms with Gasteiger partial charge in [0.2, 0.25) is 0 Å². The fourth-order valence-electron chi connectivity index (χ4n) is 1.21. The second-order valence-corrected chi connectivity index (χ2v) is 5.33. The minimum absolute atomic E-state index is 0.139. The molecule has 0 saturated carbocycles. The van der Waals surface area contributed by atoms with E-state index in [1.165, 1.54) is 12.1 Å². The van der Waals surface area contributed by atoms with Gasteiger partial charge in [0, 0.05) is 6.04 Å². The van der Waals surface area contributed by atoms with Gasteiger partial charge in [0.25, 0.3) is 10.2 Å². The maximum atomic E-state index is 11.5. The van der Waals surface area contributed by atoms with E-state index in [1.807, 2.05) is 0 Å². The second kappa shape index (κ2) is 4.71. The molecule has 0 aliphatic carbocycles. The third kappa shape index (κ3) is 3.71. The SMILES string of the molecule is Cc1cc(NS(=O)(=O)NC(C)C)ccc1O. The van der Waals surface area contributed by atoms with Crippen LogP contribution in [0, 0.1) is 6.92 Å². The van der Waals surface area contributed by atoms with Crippen molar-refractivity contribution in [3.05, 3.63) is 23.8 Å². The Bertz CT molecular complexity index is 469. The van der Waals surface area contributed by atoms with Crippen LogP contribution in [0.2, 0.25) is 0 Å². The van der Waals surface area contributed by atoms with Crippen molar-refractivity contribution in [2.45, 2.75) is 26.8 Å². The maximum Gasteiger partial charge on any atom is 0.299 e. The van der Waals surface area contributed by atoms with E-state index >= 15 is 0 Å². The zero-order valence-electron chi connectivity index (χ0n) is 9.48. The Morgan fingerprint density at radius 3 is 2.44 bits per heavy atom. The first-order valence-corrected chi connectivity index (χ1v) is 6.38. The lowest BCUT2D eigenvalue weighted by atomic mass is 10.2. The number of nitrogens with one attached hydrogen (secondary N) is 2. The van der Waals surface area contributed by atoms with Crippen molar-refractivity contribution in [1.29, 1.82) is 0 Å². The molecule has 1 rings (SSSR count). The van der Waals surface area contributed by atoms with Gasteiger partial charge in [-0.05, 0) is 44.5 Å². The van der Waals surface area contributed by atoms with E-state index in [1.54, 1.807) is 26.8 Å². The minimum atomic E-state index is -3.55. The first-order chi connectivity index (χ1) is 7.30. The molecular weight excluding hydrogens is 228 g/mol. The van der Waals surface area contributed by atoms with Gasteiger partial charge in [0.1, 0.15) is 5.75 Å². The second-order valence-electron chi connectivity index (χ2n) is 3.88. The summed E-state index contributed by atoms with van der Waals surface area (Å²) in [6.07, 6.45) is 0. The van der Waals surface area contributed by atoms with Crippen LogP contribution in [0.25, 0.3) is 0 Å². The van der Waals surface area contributed by atoms with Crippen LogP contribution in [-0.2, 0) is 10.2 Å². The number of phenols is 1. The largest absolute Gasteiger partial charge is 0.508 e. The Morgan fingerprint density at radius 2 is 1.94 bits per heavy atom. The van der Waals surface area contributed by atoms with Gasteiger partial charge in [-0.2, -0.15) is 13.1 Å². The average Bonchev–Trinajstić information content (AvgIpc) is 2.08. The molecule has 0 fully saturated rings. The smallest absolute Gasteiger partial charge is 0.299 e. The van der Waals surface area contributed by atoms with Crippen LogP contribution in [0.15, 0.2) is 18.2 Å². The van der Waals surface area contributed by atoms with Gasteiger partial charge >= 0.3 is 0 Å². The number of anilines is 1. The standard InChI is InChI=1S/C10H16N2O3S/c1-7(2)11-16(14,15)12-9-4-5-10(13)8(3)6-9/h4-7,11-13H,1-3H3. The predicted octanol–water partition coefficient (Wildman–Crippen LogP) is 1.36. The van der Waals surface area contributed by atoms with Crippen molar-refractivity contribution < 1.29 is 13.5 Å². The van der Waals surface area contributed by atoms with Crippen LogP contribution >= 0.6 is 0 Å². The lowest BCUT2D eigenvalue weighted by molar-refractivity contribution is 0.471. The third-order valence-electron chi connectivity index (χ3n) is 1.84. The molecule has 5 nitrogen and oxygen atoms in total. The summed E-state index contributed by atoms with van der Waals surface area (Å²) in [5.41, 5.74) is 1.04. The van der Waals surface area contributed by atoms with Crippen molar-refractivity contribution in [1.82, 2.24) is 4.72 Å². The number of hydrogen-bond donors (Lipinski definition) is 3. The summed E-state index contributed by atoms with van der Waals surface area (Å²) >= 11 is 0. The van der Waals surface area contributed by atoms with E-state index in [4.69, 9.17) is 0 Å². The number of rotatable bonds is 4. The summed E-state index contributed by atoms with van der Waals surface area (Å²) in [4.78, 5) is 0. The Labute approximate surface area is 95.7 Å². The highest BCUT2D eigenvalue weighted by atomic mass is 32.2. The summed E-state index contributed by atoms with van der Waals surface area (Å²) in [5, 5.41) is 9.29.